The van der Waals surface area contributed by atoms with Crippen LogP contribution in [0.5, 0.6) is 5.75 Å². The smallest absolute Gasteiger partial charge is 0.263 e. The Labute approximate surface area is 121 Å². The number of hydrogen-bond donors (Lipinski definition) is 2. The van der Waals surface area contributed by atoms with Gasteiger partial charge in [-0.15, -0.1) is 11.3 Å². The van der Waals surface area contributed by atoms with Crippen molar-refractivity contribution in [3.05, 3.63) is 46.2 Å². The lowest BCUT2D eigenvalue weighted by Gasteiger charge is -2.26. The number of carbonyl (C=O) groups is 1. The van der Waals surface area contributed by atoms with Gasteiger partial charge >= 0.3 is 0 Å². The first kappa shape index (κ1) is 13.0. The van der Waals surface area contributed by atoms with E-state index in [9.17, 15) is 4.79 Å². The van der Waals surface area contributed by atoms with Crippen LogP contribution in [0.15, 0.2) is 35.7 Å². The molecule has 1 aliphatic heterocycles. The number of benzene rings is 1. The molecule has 104 valence electrons. The lowest BCUT2D eigenvalue weighted by molar-refractivity contribution is -0.127. The van der Waals surface area contributed by atoms with E-state index in [4.69, 9.17) is 4.74 Å². The van der Waals surface area contributed by atoms with Crippen LogP contribution >= 0.6 is 11.3 Å². The number of carbonyl (C=O) groups excluding carboxylic acids is 1. The number of nitrogens with one attached hydrogen (secondary N) is 2. The fourth-order valence-corrected chi connectivity index (χ4v) is 2.97. The topological polar surface area (TPSA) is 50.4 Å². The Morgan fingerprint density at radius 2 is 2.30 bits per heavy atom. The fourth-order valence-electron chi connectivity index (χ4n) is 2.13. The number of amides is 1. The van der Waals surface area contributed by atoms with Crippen molar-refractivity contribution in [2.24, 2.45) is 0 Å². The third-order valence-electron chi connectivity index (χ3n) is 3.32. The zero-order valence-corrected chi connectivity index (χ0v) is 12.0. The van der Waals surface area contributed by atoms with Crippen LogP contribution in [0.1, 0.15) is 10.4 Å². The maximum atomic E-state index is 12.1. The van der Waals surface area contributed by atoms with Crippen LogP contribution < -0.4 is 15.4 Å². The van der Waals surface area contributed by atoms with Crippen molar-refractivity contribution >= 4 is 22.9 Å². The maximum Gasteiger partial charge on any atom is 0.263 e. The lowest BCUT2D eigenvalue weighted by Crippen LogP contribution is -2.44. The fraction of sp³-hybridized carbons (Fsp3) is 0.267. The Kier molecular flexibility index (Phi) is 3.60. The van der Waals surface area contributed by atoms with Gasteiger partial charge in [-0.2, -0.15) is 0 Å². The van der Waals surface area contributed by atoms with Gasteiger partial charge in [0.15, 0.2) is 6.10 Å². The molecule has 2 N–H and O–H groups in total. The van der Waals surface area contributed by atoms with E-state index >= 15 is 0 Å². The Bertz CT molecular complexity index is 624. The minimum Gasteiger partial charge on any atom is -0.477 e. The second-order valence-corrected chi connectivity index (χ2v) is 5.73. The normalized spacial score (nSPS) is 16.8. The Morgan fingerprint density at radius 1 is 1.45 bits per heavy atom. The molecule has 4 nitrogen and oxygen atoms in total. The Morgan fingerprint density at radius 3 is 3.10 bits per heavy atom. The molecule has 2 aromatic rings. The van der Waals surface area contributed by atoms with Crippen LogP contribution in [0.25, 0.3) is 0 Å². The van der Waals surface area contributed by atoms with Crippen molar-refractivity contribution in [3.8, 4) is 5.75 Å². The molecular weight excluding hydrogens is 272 g/mol. The van der Waals surface area contributed by atoms with Crippen molar-refractivity contribution in [1.29, 1.82) is 0 Å². The quantitative estimate of drug-likeness (QED) is 0.912. The van der Waals surface area contributed by atoms with Gasteiger partial charge in [-0.25, -0.2) is 0 Å². The van der Waals surface area contributed by atoms with Crippen LogP contribution in [0.3, 0.4) is 0 Å². The summed E-state index contributed by atoms with van der Waals surface area (Å²) < 4.78 is 5.72. The van der Waals surface area contributed by atoms with Crippen LogP contribution in [0.4, 0.5) is 5.69 Å². The molecule has 1 aromatic carbocycles. The predicted octanol–water partition coefficient (Wildman–Crippen LogP) is 2.55. The average molecular weight is 288 g/mol. The summed E-state index contributed by atoms with van der Waals surface area (Å²) >= 11 is 1.66. The zero-order valence-electron chi connectivity index (χ0n) is 11.2. The highest BCUT2D eigenvalue weighted by Gasteiger charge is 2.25. The van der Waals surface area contributed by atoms with Gasteiger partial charge in [0.25, 0.3) is 5.91 Å². The number of anilines is 1. The molecule has 0 saturated heterocycles. The molecule has 0 radical (unpaired) electrons. The summed E-state index contributed by atoms with van der Waals surface area (Å²) in [5, 5.41) is 8.18. The highest BCUT2D eigenvalue weighted by Crippen LogP contribution is 2.28. The first-order chi connectivity index (χ1) is 9.74. The number of aryl methyl sites for hydroxylation is 1. The monoisotopic (exact) mass is 288 g/mol. The highest BCUT2D eigenvalue weighted by atomic mass is 32.1. The summed E-state index contributed by atoms with van der Waals surface area (Å²) in [5.74, 6) is 0.644. The Hall–Kier alpha value is -2.01. The molecule has 1 aliphatic rings. The van der Waals surface area contributed by atoms with Crippen molar-refractivity contribution < 1.29 is 9.53 Å². The molecule has 1 unspecified atom stereocenters. The molecule has 0 spiro atoms. The summed E-state index contributed by atoms with van der Waals surface area (Å²) in [4.78, 5) is 13.3. The molecule has 1 amide bonds. The zero-order chi connectivity index (χ0) is 13.9. The summed E-state index contributed by atoms with van der Waals surface area (Å²) in [6, 6.07) is 9.70. The second-order valence-electron chi connectivity index (χ2n) is 4.73. The van der Waals surface area contributed by atoms with Crippen LogP contribution in [0, 0.1) is 6.92 Å². The standard InChI is InChI=1S/C15H16N2O2S/c1-10-6-7-20-14(10)9-17-15(18)13-8-16-11-4-2-3-5-12(11)19-13/h2-7,13,16H,8-9H2,1H3,(H,17,18). The van der Waals surface area contributed by atoms with Crippen LogP contribution in [-0.2, 0) is 11.3 Å². The molecule has 20 heavy (non-hydrogen) atoms. The lowest BCUT2D eigenvalue weighted by atomic mass is 10.2. The number of fused-ring (bicyclic) bond motifs is 1. The molecule has 1 atom stereocenters. The third-order valence-corrected chi connectivity index (χ3v) is 4.34. The molecule has 1 aromatic heterocycles. The number of thiophene rings is 1. The highest BCUT2D eigenvalue weighted by molar-refractivity contribution is 7.10. The first-order valence-corrected chi connectivity index (χ1v) is 7.42. The van der Waals surface area contributed by atoms with E-state index in [0.717, 1.165) is 11.4 Å². The third kappa shape index (κ3) is 2.63. The summed E-state index contributed by atoms with van der Waals surface area (Å²) in [6.45, 7) is 3.10. The van der Waals surface area contributed by atoms with Crippen LogP contribution in [0.2, 0.25) is 0 Å². The summed E-state index contributed by atoms with van der Waals surface area (Å²) in [5.41, 5.74) is 2.15. The second kappa shape index (κ2) is 5.54. The van der Waals surface area contributed by atoms with E-state index in [1.165, 1.54) is 10.4 Å². The summed E-state index contributed by atoms with van der Waals surface area (Å²) in [6.07, 6.45) is -0.481. The van der Waals surface area contributed by atoms with Gasteiger partial charge < -0.3 is 15.4 Å². The number of ether oxygens (including phenoxy) is 1. The molecule has 0 aliphatic carbocycles. The molecular formula is C15H16N2O2S. The minimum absolute atomic E-state index is 0.0835. The van der Waals surface area contributed by atoms with Gasteiger partial charge in [-0.1, -0.05) is 12.1 Å². The predicted molar refractivity (Wildman–Crippen MR) is 80.3 cm³/mol. The minimum atomic E-state index is -0.481. The number of hydrogen-bond acceptors (Lipinski definition) is 4. The van der Waals surface area contributed by atoms with E-state index in [-0.39, 0.29) is 5.91 Å². The molecule has 0 saturated carbocycles. The van der Waals surface area contributed by atoms with Crippen molar-refractivity contribution in [1.82, 2.24) is 5.32 Å². The van der Waals surface area contributed by atoms with Crippen LogP contribution in [-0.4, -0.2) is 18.6 Å². The van der Waals surface area contributed by atoms with Crippen molar-refractivity contribution in [2.75, 3.05) is 11.9 Å². The van der Waals surface area contributed by atoms with Crippen molar-refractivity contribution in [3.63, 3.8) is 0 Å². The molecule has 0 bridgehead atoms. The van der Waals surface area contributed by atoms with Crippen molar-refractivity contribution in [2.45, 2.75) is 19.6 Å². The molecule has 2 heterocycles. The number of rotatable bonds is 3. The van der Waals surface area contributed by atoms with Gasteiger partial charge in [0.2, 0.25) is 0 Å². The molecule has 5 heteroatoms. The van der Waals surface area contributed by atoms with E-state index in [0.29, 0.717) is 13.1 Å². The largest absolute Gasteiger partial charge is 0.477 e. The van der Waals surface area contributed by atoms with E-state index in [1.54, 1.807) is 11.3 Å². The van der Waals surface area contributed by atoms with E-state index in [2.05, 4.69) is 16.7 Å². The molecule has 0 fully saturated rings. The number of para-hydroxylation sites is 2. The van der Waals surface area contributed by atoms with Gasteiger partial charge in [-0.05, 0) is 36.1 Å². The van der Waals surface area contributed by atoms with E-state index < -0.39 is 6.10 Å². The van der Waals surface area contributed by atoms with Gasteiger partial charge in [0.1, 0.15) is 5.75 Å². The van der Waals surface area contributed by atoms with Gasteiger partial charge in [0.05, 0.1) is 18.8 Å². The first-order valence-electron chi connectivity index (χ1n) is 6.54. The van der Waals surface area contributed by atoms with E-state index in [1.807, 2.05) is 36.6 Å². The average Bonchev–Trinajstić information content (AvgIpc) is 2.89. The maximum absolute atomic E-state index is 12.1. The Balaban J connectivity index is 1.60. The summed E-state index contributed by atoms with van der Waals surface area (Å²) in [7, 11) is 0. The van der Waals surface area contributed by atoms with Gasteiger partial charge in [0, 0.05) is 4.88 Å². The SMILES string of the molecule is Cc1ccsc1CNC(=O)C1CNc2ccccc2O1. The van der Waals surface area contributed by atoms with Gasteiger partial charge in [-0.3, -0.25) is 4.79 Å². The molecule has 3 rings (SSSR count).